The summed E-state index contributed by atoms with van der Waals surface area (Å²) in [7, 11) is 0. The van der Waals surface area contributed by atoms with E-state index in [1.165, 1.54) is 12.8 Å². The quantitative estimate of drug-likeness (QED) is 0.597. The number of nitrogens with one attached hydrogen (secondary N) is 1. The molecule has 0 amide bonds. The zero-order valence-corrected chi connectivity index (χ0v) is 11.2. The molecule has 0 aromatic heterocycles. The SMILES string of the molecule is CCCCCCC(C)(NCC(C)C)C(=O)O. The molecule has 96 valence electrons. The molecule has 0 spiro atoms. The van der Waals surface area contributed by atoms with E-state index in [1.807, 2.05) is 0 Å². The normalized spacial score (nSPS) is 15.1. The van der Waals surface area contributed by atoms with Crippen LogP contribution in [0.25, 0.3) is 0 Å². The number of carboxylic acid groups (broad SMARTS) is 1. The van der Waals surface area contributed by atoms with Gasteiger partial charge in [-0.3, -0.25) is 4.79 Å². The zero-order chi connectivity index (χ0) is 12.6. The molecule has 0 aliphatic rings. The summed E-state index contributed by atoms with van der Waals surface area (Å²) in [5.74, 6) is -0.251. The van der Waals surface area contributed by atoms with Crippen molar-refractivity contribution in [2.75, 3.05) is 6.54 Å². The lowest BCUT2D eigenvalue weighted by molar-refractivity contribution is -0.144. The van der Waals surface area contributed by atoms with Gasteiger partial charge >= 0.3 is 5.97 Å². The topological polar surface area (TPSA) is 49.3 Å². The van der Waals surface area contributed by atoms with Gasteiger partial charge in [0, 0.05) is 0 Å². The fraction of sp³-hybridized carbons (Fsp3) is 0.923. The Labute approximate surface area is 99.6 Å². The van der Waals surface area contributed by atoms with Gasteiger partial charge in [-0.15, -0.1) is 0 Å². The molecule has 0 aliphatic heterocycles. The molecule has 0 heterocycles. The summed E-state index contributed by atoms with van der Waals surface area (Å²) in [6, 6.07) is 0. The predicted molar refractivity (Wildman–Crippen MR) is 67.6 cm³/mol. The minimum absolute atomic E-state index is 0.481. The average Bonchev–Trinajstić information content (AvgIpc) is 2.21. The molecule has 0 rings (SSSR count). The maximum atomic E-state index is 11.2. The van der Waals surface area contributed by atoms with Crippen LogP contribution in [0.4, 0.5) is 0 Å². The Kier molecular flexibility index (Phi) is 7.39. The fourth-order valence-electron chi connectivity index (χ4n) is 1.61. The molecule has 1 atom stereocenters. The highest BCUT2D eigenvalue weighted by Gasteiger charge is 2.31. The van der Waals surface area contributed by atoms with Crippen LogP contribution in [0, 0.1) is 5.92 Å². The van der Waals surface area contributed by atoms with Crippen LogP contribution in [-0.2, 0) is 4.79 Å². The Morgan fingerprint density at radius 2 is 1.94 bits per heavy atom. The maximum absolute atomic E-state index is 11.2. The molecule has 0 aromatic carbocycles. The van der Waals surface area contributed by atoms with E-state index in [1.54, 1.807) is 6.92 Å². The van der Waals surface area contributed by atoms with Crippen molar-refractivity contribution >= 4 is 5.97 Å². The number of aliphatic carboxylic acids is 1. The number of unbranched alkanes of at least 4 members (excludes halogenated alkanes) is 3. The van der Waals surface area contributed by atoms with Gasteiger partial charge in [-0.25, -0.2) is 0 Å². The average molecular weight is 229 g/mol. The van der Waals surface area contributed by atoms with Crippen LogP contribution < -0.4 is 5.32 Å². The highest BCUT2D eigenvalue weighted by atomic mass is 16.4. The van der Waals surface area contributed by atoms with E-state index in [4.69, 9.17) is 0 Å². The predicted octanol–water partition coefficient (Wildman–Crippen LogP) is 3.05. The van der Waals surface area contributed by atoms with Gasteiger partial charge in [-0.1, -0.05) is 46.5 Å². The molecule has 2 N–H and O–H groups in total. The van der Waals surface area contributed by atoms with Gasteiger partial charge in [0.05, 0.1) is 0 Å². The van der Waals surface area contributed by atoms with Crippen molar-refractivity contribution in [1.82, 2.24) is 5.32 Å². The van der Waals surface area contributed by atoms with Crippen molar-refractivity contribution < 1.29 is 9.90 Å². The summed E-state index contributed by atoms with van der Waals surface area (Å²) in [5, 5.41) is 12.4. The Morgan fingerprint density at radius 1 is 1.31 bits per heavy atom. The standard InChI is InChI=1S/C13H27NO2/c1-5-6-7-8-9-13(4,12(15)16)14-10-11(2)3/h11,14H,5-10H2,1-4H3,(H,15,16). The second-order valence-electron chi connectivity index (χ2n) is 5.22. The van der Waals surface area contributed by atoms with E-state index >= 15 is 0 Å². The first-order valence-corrected chi connectivity index (χ1v) is 6.40. The van der Waals surface area contributed by atoms with Gasteiger partial charge in [0.2, 0.25) is 0 Å². The molecular weight excluding hydrogens is 202 g/mol. The van der Waals surface area contributed by atoms with Crippen LogP contribution in [0.2, 0.25) is 0 Å². The van der Waals surface area contributed by atoms with E-state index in [0.29, 0.717) is 5.92 Å². The number of hydrogen-bond acceptors (Lipinski definition) is 2. The third-order valence-corrected chi connectivity index (χ3v) is 2.90. The molecule has 0 fully saturated rings. The molecule has 0 saturated heterocycles. The first-order chi connectivity index (χ1) is 7.42. The summed E-state index contributed by atoms with van der Waals surface area (Å²) in [6.45, 7) is 8.90. The summed E-state index contributed by atoms with van der Waals surface area (Å²) in [4.78, 5) is 11.2. The van der Waals surface area contributed by atoms with Gasteiger partial charge in [0.25, 0.3) is 0 Å². The van der Waals surface area contributed by atoms with Crippen LogP contribution in [0.3, 0.4) is 0 Å². The van der Waals surface area contributed by atoms with Crippen LogP contribution in [0.15, 0.2) is 0 Å². The van der Waals surface area contributed by atoms with E-state index in [2.05, 4.69) is 26.1 Å². The van der Waals surface area contributed by atoms with Crippen LogP contribution in [-0.4, -0.2) is 23.2 Å². The number of carbonyl (C=O) groups is 1. The van der Waals surface area contributed by atoms with Gasteiger partial charge in [-0.05, 0) is 25.8 Å². The first kappa shape index (κ1) is 15.4. The minimum atomic E-state index is -0.752. The first-order valence-electron chi connectivity index (χ1n) is 6.40. The van der Waals surface area contributed by atoms with Crippen molar-refractivity contribution in [2.45, 2.75) is 65.3 Å². The Balaban J connectivity index is 4.07. The second-order valence-corrected chi connectivity index (χ2v) is 5.22. The molecule has 0 aliphatic carbocycles. The summed E-state index contributed by atoms with van der Waals surface area (Å²) in [6.07, 6.45) is 5.21. The lowest BCUT2D eigenvalue weighted by Gasteiger charge is -2.27. The monoisotopic (exact) mass is 229 g/mol. The van der Waals surface area contributed by atoms with E-state index in [0.717, 1.165) is 25.8 Å². The van der Waals surface area contributed by atoms with Crippen molar-refractivity contribution in [1.29, 1.82) is 0 Å². The smallest absolute Gasteiger partial charge is 0.323 e. The molecule has 16 heavy (non-hydrogen) atoms. The van der Waals surface area contributed by atoms with Gasteiger partial charge in [0.15, 0.2) is 0 Å². The lowest BCUT2D eigenvalue weighted by Crippen LogP contribution is -2.50. The fourth-order valence-corrected chi connectivity index (χ4v) is 1.61. The Morgan fingerprint density at radius 3 is 2.38 bits per heavy atom. The third kappa shape index (κ3) is 6.11. The van der Waals surface area contributed by atoms with Gasteiger partial charge < -0.3 is 10.4 Å². The van der Waals surface area contributed by atoms with E-state index < -0.39 is 11.5 Å². The molecule has 3 heteroatoms. The molecule has 0 radical (unpaired) electrons. The Bertz CT molecular complexity index is 204. The lowest BCUT2D eigenvalue weighted by atomic mass is 9.93. The van der Waals surface area contributed by atoms with Gasteiger partial charge in [-0.2, -0.15) is 0 Å². The van der Waals surface area contributed by atoms with Crippen LogP contribution >= 0.6 is 0 Å². The van der Waals surface area contributed by atoms with E-state index in [-0.39, 0.29) is 0 Å². The number of carboxylic acids is 1. The highest BCUT2D eigenvalue weighted by molar-refractivity contribution is 5.78. The van der Waals surface area contributed by atoms with Crippen molar-refractivity contribution in [3.63, 3.8) is 0 Å². The molecule has 0 saturated carbocycles. The zero-order valence-electron chi connectivity index (χ0n) is 11.2. The molecule has 0 aromatic rings. The number of hydrogen-bond donors (Lipinski definition) is 2. The molecular formula is C13H27NO2. The summed E-state index contributed by atoms with van der Waals surface area (Å²) < 4.78 is 0. The van der Waals surface area contributed by atoms with E-state index in [9.17, 15) is 9.90 Å². The van der Waals surface area contributed by atoms with Gasteiger partial charge in [0.1, 0.15) is 5.54 Å². The van der Waals surface area contributed by atoms with Crippen molar-refractivity contribution in [3.8, 4) is 0 Å². The summed E-state index contributed by atoms with van der Waals surface area (Å²) in [5.41, 5.74) is -0.752. The highest BCUT2D eigenvalue weighted by Crippen LogP contribution is 2.16. The molecule has 3 nitrogen and oxygen atoms in total. The maximum Gasteiger partial charge on any atom is 0.323 e. The number of rotatable bonds is 9. The molecule has 1 unspecified atom stereocenters. The van der Waals surface area contributed by atoms with Crippen LogP contribution in [0.1, 0.15) is 59.8 Å². The van der Waals surface area contributed by atoms with Crippen molar-refractivity contribution in [2.24, 2.45) is 5.92 Å². The molecule has 0 bridgehead atoms. The van der Waals surface area contributed by atoms with Crippen molar-refractivity contribution in [3.05, 3.63) is 0 Å². The Hall–Kier alpha value is -0.570. The van der Waals surface area contributed by atoms with Crippen LogP contribution in [0.5, 0.6) is 0 Å². The third-order valence-electron chi connectivity index (χ3n) is 2.90. The summed E-state index contributed by atoms with van der Waals surface area (Å²) >= 11 is 0. The minimum Gasteiger partial charge on any atom is -0.480 e. The largest absolute Gasteiger partial charge is 0.480 e. The second kappa shape index (κ2) is 7.66.